The van der Waals surface area contributed by atoms with Crippen LogP contribution in [0.5, 0.6) is 0 Å². The highest BCUT2D eigenvalue weighted by Crippen LogP contribution is 2.02. The van der Waals surface area contributed by atoms with Gasteiger partial charge in [0, 0.05) is 13.5 Å². The Labute approximate surface area is 72.6 Å². The molecular formula is C10H12NO. The average Bonchev–Trinajstić information content (AvgIpc) is 2.01. The summed E-state index contributed by atoms with van der Waals surface area (Å²) in [7, 11) is 0. The van der Waals surface area contributed by atoms with Crippen molar-refractivity contribution in [1.29, 1.82) is 0 Å². The average molecular weight is 162 g/mol. The Hall–Kier alpha value is -1.31. The van der Waals surface area contributed by atoms with E-state index >= 15 is 0 Å². The summed E-state index contributed by atoms with van der Waals surface area (Å²) in [6, 6.07) is 7.78. The molecule has 12 heavy (non-hydrogen) atoms. The summed E-state index contributed by atoms with van der Waals surface area (Å²) in [5.41, 5.74) is 2.05. The van der Waals surface area contributed by atoms with E-state index in [-0.39, 0.29) is 5.91 Å². The van der Waals surface area contributed by atoms with Gasteiger partial charge < -0.3 is 5.32 Å². The van der Waals surface area contributed by atoms with Gasteiger partial charge in [-0.1, -0.05) is 24.3 Å². The zero-order valence-corrected chi connectivity index (χ0v) is 7.13. The standard InChI is InChI=1S/C10H12NO/c1-8-4-3-5-10(6-8)7-11-9(2)12/h3-6H,1,7H2,2H3,(H,11,12). The van der Waals surface area contributed by atoms with Crippen LogP contribution in [0.1, 0.15) is 18.1 Å². The third-order valence-corrected chi connectivity index (χ3v) is 1.53. The highest BCUT2D eigenvalue weighted by atomic mass is 16.1. The largest absolute Gasteiger partial charge is 0.352 e. The first-order valence-electron chi connectivity index (χ1n) is 3.84. The van der Waals surface area contributed by atoms with Crippen LogP contribution in [0.2, 0.25) is 0 Å². The first-order chi connectivity index (χ1) is 5.68. The van der Waals surface area contributed by atoms with E-state index in [0.717, 1.165) is 11.1 Å². The van der Waals surface area contributed by atoms with Crippen molar-refractivity contribution >= 4 is 5.91 Å². The van der Waals surface area contributed by atoms with Crippen LogP contribution in [0, 0.1) is 6.92 Å². The van der Waals surface area contributed by atoms with E-state index in [4.69, 9.17) is 0 Å². The van der Waals surface area contributed by atoms with Gasteiger partial charge in [-0.05, 0) is 18.1 Å². The van der Waals surface area contributed by atoms with Gasteiger partial charge in [0.1, 0.15) is 0 Å². The van der Waals surface area contributed by atoms with Crippen molar-refractivity contribution in [2.45, 2.75) is 13.5 Å². The third-order valence-electron chi connectivity index (χ3n) is 1.53. The van der Waals surface area contributed by atoms with Gasteiger partial charge in [-0.25, -0.2) is 0 Å². The summed E-state index contributed by atoms with van der Waals surface area (Å²) in [6.45, 7) is 5.89. The third kappa shape index (κ3) is 2.74. The molecule has 1 aromatic rings. The number of carbonyl (C=O) groups excluding carboxylic acids is 1. The van der Waals surface area contributed by atoms with Gasteiger partial charge in [0.2, 0.25) is 5.91 Å². The lowest BCUT2D eigenvalue weighted by atomic mass is 10.1. The number of benzene rings is 1. The second kappa shape index (κ2) is 3.90. The Morgan fingerprint density at radius 2 is 2.33 bits per heavy atom. The highest BCUT2D eigenvalue weighted by molar-refractivity contribution is 5.72. The van der Waals surface area contributed by atoms with E-state index < -0.39 is 0 Å². The fourth-order valence-electron chi connectivity index (χ4n) is 0.966. The molecule has 1 amide bonds. The lowest BCUT2D eigenvalue weighted by molar-refractivity contribution is -0.119. The van der Waals surface area contributed by atoms with Crippen LogP contribution in [0.25, 0.3) is 0 Å². The Kier molecular flexibility index (Phi) is 2.86. The number of carbonyl (C=O) groups is 1. The molecule has 0 saturated carbocycles. The number of rotatable bonds is 2. The lowest BCUT2D eigenvalue weighted by Crippen LogP contribution is -2.18. The summed E-state index contributed by atoms with van der Waals surface area (Å²) in [5, 5.41) is 2.72. The maximum absolute atomic E-state index is 10.6. The van der Waals surface area contributed by atoms with Gasteiger partial charge in [0.25, 0.3) is 0 Å². The zero-order valence-electron chi connectivity index (χ0n) is 7.13. The molecular weight excluding hydrogens is 150 g/mol. The zero-order chi connectivity index (χ0) is 8.97. The number of nitrogens with one attached hydrogen (secondary N) is 1. The lowest BCUT2D eigenvalue weighted by Gasteiger charge is -2.02. The summed E-state index contributed by atoms with van der Waals surface area (Å²) in [6.07, 6.45) is 0. The number of hydrogen-bond acceptors (Lipinski definition) is 1. The minimum Gasteiger partial charge on any atom is -0.352 e. The van der Waals surface area contributed by atoms with E-state index in [1.165, 1.54) is 6.92 Å². The van der Waals surface area contributed by atoms with Gasteiger partial charge in [-0.15, -0.1) is 0 Å². The van der Waals surface area contributed by atoms with Crippen LogP contribution in [0.3, 0.4) is 0 Å². The van der Waals surface area contributed by atoms with Crippen LogP contribution in [0.15, 0.2) is 24.3 Å². The molecule has 1 radical (unpaired) electrons. The second-order valence-corrected chi connectivity index (χ2v) is 2.73. The molecule has 0 aromatic heterocycles. The molecule has 0 atom stereocenters. The summed E-state index contributed by atoms with van der Waals surface area (Å²) in [5.74, 6) is -0.00975. The van der Waals surface area contributed by atoms with E-state index in [1.807, 2.05) is 24.3 Å². The second-order valence-electron chi connectivity index (χ2n) is 2.73. The van der Waals surface area contributed by atoms with Crippen LogP contribution in [-0.4, -0.2) is 5.91 Å². The molecule has 0 bridgehead atoms. The molecule has 1 aromatic carbocycles. The first kappa shape index (κ1) is 8.78. The highest BCUT2D eigenvalue weighted by Gasteiger charge is 1.93. The maximum Gasteiger partial charge on any atom is 0.217 e. The Morgan fingerprint density at radius 3 is 2.92 bits per heavy atom. The normalized spacial score (nSPS) is 9.50. The van der Waals surface area contributed by atoms with Crippen molar-refractivity contribution < 1.29 is 4.79 Å². The predicted molar refractivity (Wildman–Crippen MR) is 48.4 cm³/mol. The summed E-state index contributed by atoms with van der Waals surface area (Å²) >= 11 is 0. The molecule has 63 valence electrons. The van der Waals surface area contributed by atoms with Crippen LogP contribution in [0.4, 0.5) is 0 Å². The van der Waals surface area contributed by atoms with Crippen LogP contribution < -0.4 is 5.32 Å². The van der Waals surface area contributed by atoms with Crippen molar-refractivity contribution in [2.24, 2.45) is 0 Å². The van der Waals surface area contributed by atoms with Crippen LogP contribution in [-0.2, 0) is 11.3 Å². The molecule has 0 saturated heterocycles. The molecule has 0 aliphatic carbocycles. The van der Waals surface area contributed by atoms with E-state index in [9.17, 15) is 4.79 Å². The molecule has 1 rings (SSSR count). The fourth-order valence-corrected chi connectivity index (χ4v) is 0.966. The monoisotopic (exact) mass is 162 g/mol. The summed E-state index contributed by atoms with van der Waals surface area (Å²) < 4.78 is 0. The van der Waals surface area contributed by atoms with Crippen molar-refractivity contribution in [1.82, 2.24) is 5.32 Å². The fraction of sp³-hybridized carbons (Fsp3) is 0.200. The SMILES string of the molecule is [CH2]c1cccc(CNC(C)=O)c1. The first-order valence-corrected chi connectivity index (χ1v) is 3.84. The van der Waals surface area contributed by atoms with Crippen LogP contribution >= 0.6 is 0 Å². The van der Waals surface area contributed by atoms with Crippen molar-refractivity contribution in [3.05, 3.63) is 42.3 Å². The minimum atomic E-state index is -0.00975. The number of hydrogen-bond donors (Lipinski definition) is 1. The van der Waals surface area contributed by atoms with Crippen molar-refractivity contribution in [3.63, 3.8) is 0 Å². The van der Waals surface area contributed by atoms with Crippen molar-refractivity contribution in [2.75, 3.05) is 0 Å². The molecule has 0 aliphatic heterocycles. The molecule has 1 N–H and O–H groups in total. The minimum absolute atomic E-state index is 0.00975. The number of amides is 1. The molecule has 2 heteroatoms. The molecule has 0 fully saturated rings. The topological polar surface area (TPSA) is 29.1 Å². The Morgan fingerprint density at radius 1 is 1.58 bits per heavy atom. The van der Waals surface area contributed by atoms with E-state index in [2.05, 4.69) is 12.2 Å². The Bertz CT molecular complexity index is 281. The van der Waals surface area contributed by atoms with Gasteiger partial charge in [-0.3, -0.25) is 4.79 Å². The van der Waals surface area contributed by atoms with E-state index in [0.29, 0.717) is 6.54 Å². The summed E-state index contributed by atoms with van der Waals surface area (Å²) in [4.78, 5) is 10.6. The van der Waals surface area contributed by atoms with Gasteiger partial charge in [-0.2, -0.15) is 0 Å². The molecule has 2 nitrogen and oxygen atoms in total. The van der Waals surface area contributed by atoms with E-state index in [1.54, 1.807) is 0 Å². The smallest absolute Gasteiger partial charge is 0.217 e. The van der Waals surface area contributed by atoms with Gasteiger partial charge in [0.05, 0.1) is 0 Å². The maximum atomic E-state index is 10.6. The molecule has 0 aliphatic rings. The van der Waals surface area contributed by atoms with Gasteiger partial charge >= 0.3 is 0 Å². The predicted octanol–water partition coefficient (Wildman–Crippen LogP) is 1.50. The Balaban J connectivity index is 2.57. The molecule has 0 spiro atoms. The molecule has 0 heterocycles. The van der Waals surface area contributed by atoms with Crippen molar-refractivity contribution in [3.8, 4) is 0 Å². The van der Waals surface area contributed by atoms with Gasteiger partial charge in [0.15, 0.2) is 0 Å². The quantitative estimate of drug-likeness (QED) is 0.701. The molecule has 0 unspecified atom stereocenters.